The maximum Gasteiger partial charge on any atom is 0.115 e. The monoisotopic (exact) mass is 219 g/mol. The second-order valence-electron chi connectivity index (χ2n) is 4.63. The van der Waals surface area contributed by atoms with Crippen LogP contribution < -0.4 is 5.32 Å². The second-order valence-corrected chi connectivity index (χ2v) is 4.63. The van der Waals surface area contributed by atoms with Crippen LogP contribution in [0.4, 0.5) is 0 Å². The van der Waals surface area contributed by atoms with Crippen molar-refractivity contribution in [3.8, 4) is 5.75 Å². The first kappa shape index (κ1) is 10.1. The van der Waals surface area contributed by atoms with Crippen molar-refractivity contribution < 1.29 is 9.84 Å². The Balaban J connectivity index is 2.02. The predicted molar refractivity (Wildman–Crippen MR) is 61.5 cm³/mol. The van der Waals surface area contributed by atoms with Crippen molar-refractivity contribution in [3.63, 3.8) is 0 Å². The first-order valence-corrected chi connectivity index (χ1v) is 6.01. The first-order valence-electron chi connectivity index (χ1n) is 6.01. The zero-order valence-corrected chi connectivity index (χ0v) is 9.28. The summed E-state index contributed by atoms with van der Waals surface area (Å²) in [5, 5.41) is 13.1. The topological polar surface area (TPSA) is 41.5 Å². The summed E-state index contributed by atoms with van der Waals surface area (Å²) < 4.78 is 5.87. The Morgan fingerprint density at radius 3 is 3.25 bits per heavy atom. The molecule has 2 aliphatic rings. The summed E-state index contributed by atoms with van der Waals surface area (Å²) in [5.74, 6) is 0.341. The normalized spacial score (nSPS) is 29.0. The number of rotatable bonds is 0. The molecule has 0 saturated carbocycles. The minimum atomic E-state index is 0.123. The lowest BCUT2D eigenvalue weighted by Gasteiger charge is -2.32. The Labute approximate surface area is 95.4 Å². The number of hydrogen-bond donors (Lipinski definition) is 2. The molecular weight excluding hydrogens is 202 g/mol. The average molecular weight is 219 g/mol. The molecule has 1 aliphatic carbocycles. The molecule has 86 valence electrons. The molecule has 0 spiro atoms. The lowest BCUT2D eigenvalue weighted by Crippen LogP contribution is -2.43. The van der Waals surface area contributed by atoms with Gasteiger partial charge in [0.2, 0.25) is 0 Å². The number of phenols is 1. The Hall–Kier alpha value is -1.06. The number of fused-ring (bicyclic) bond motifs is 3. The Kier molecular flexibility index (Phi) is 2.58. The molecule has 0 amide bonds. The summed E-state index contributed by atoms with van der Waals surface area (Å²) in [4.78, 5) is 0. The van der Waals surface area contributed by atoms with Gasteiger partial charge in [0.15, 0.2) is 0 Å². The summed E-state index contributed by atoms with van der Waals surface area (Å²) in [5.41, 5.74) is 2.50. The second kappa shape index (κ2) is 4.07. The highest BCUT2D eigenvalue weighted by molar-refractivity contribution is 5.38. The van der Waals surface area contributed by atoms with E-state index in [0.717, 1.165) is 26.0 Å². The van der Waals surface area contributed by atoms with Crippen LogP contribution in [0, 0.1) is 0 Å². The Bertz CT molecular complexity index is 392. The summed E-state index contributed by atoms with van der Waals surface area (Å²) >= 11 is 0. The molecule has 3 heteroatoms. The van der Waals surface area contributed by atoms with Gasteiger partial charge in [-0.1, -0.05) is 6.07 Å². The Morgan fingerprint density at radius 2 is 2.31 bits per heavy atom. The van der Waals surface area contributed by atoms with Crippen molar-refractivity contribution >= 4 is 0 Å². The van der Waals surface area contributed by atoms with Gasteiger partial charge in [-0.05, 0) is 42.5 Å². The fraction of sp³-hybridized carbons (Fsp3) is 0.538. The van der Waals surface area contributed by atoms with Gasteiger partial charge in [0.1, 0.15) is 5.75 Å². The molecule has 16 heavy (non-hydrogen) atoms. The third kappa shape index (κ3) is 1.70. The maximum absolute atomic E-state index is 9.59. The van der Waals surface area contributed by atoms with E-state index in [1.54, 1.807) is 6.07 Å². The van der Waals surface area contributed by atoms with Gasteiger partial charge in [-0.2, -0.15) is 0 Å². The third-order valence-corrected chi connectivity index (χ3v) is 3.57. The minimum absolute atomic E-state index is 0.123. The minimum Gasteiger partial charge on any atom is -0.508 e. The van der Waals surface area contributed by atoms with Crippen molar-refractivity contribution in [3.05, 3.63) is 29.3 Å². The number of phenolic OH excluding ortho intramolecular Hbond substituents is 1. The van der Waals surface area contributed by atoms with E-state index in [4.69, 9.17) is 4.74 Å². The lowest BCUT2D eigenvalue weighted by atomic mass is 9.97. The van der Waals surface area contributed by atoms with E-state index in [9.17, 15) is 5.11 Å². The van der Waals surface area contributed by atoms with Crippen LogP contribution in [-0.2, 0) is 11.2 Å². The van der Waals surface area contributed by atoms with Crippen molar-refractivity contribution in [2.45, 2.75) is 31.4 Å². The molecule has 1 aromatic carbocycles. The van der Waals surface area contributed by atoms with Crippen LogP contribution in [0.1, 0.15) is 30.1 Å². The van der Waals surface area contributed by atoms with Crippen LogP contribution in [0.5, 0.6) is 5.75 Å². The van der Waals surface area contributed by atoms with Crippen LogP contribution in [-0.4, -0.2) is 24.3 Å². The molecule has 1 heterocycles. The van der Waals surface area contributed by atoms with Gasteiger partial charge in [-0.15, -0.1) is 0 Å². The summed E-state index contributed by atoms with van der Waals surface area (Å²) in [6.07, 6.45) is 3.56. The average Bonchev–Trinajstić information content (AvgIpc) is 2.48. The van der Waals surface area contributed by atoms with Gasteiger partial charge in [0.25, 0.3) is 0 Å². The molecule has 3 nitrogen and oxygen atoms in total. The molecule has 1 aromatic rings. The van der Waals surface area contributed by atoms with Crippen LogP contribution >= 0.6 is 0 Å². The van der Waals surface area contributed by atoms with E-state index in [2.05, 4.69) is 5.32 Å². The van der Waals surface area contributed by atoms with Gasteiger partial charge >= 0.3 is 0 Å². The first-order chi connectivity index (χ1) is 7.84. The fourth-order valence-electron chi connectivity index (χ4n) is 2.80. The fourth-order valence-corrected chi connectivity index (χ4v) is 2.80. The molecule has 1 fully saturated rings. The van der Waals surface area contributed by atoms with Crippen LogP contribution in [0.15, 0.2) is 18.2 Å². The highest BCUT2D eigenvalue weighted by Crippen LogP contribution is 2.34. The predicted octanol–water partition coefficient (Wildman–Crippen LogP) is 1.76. The highest BCUT2D eigenvalue weighted by atomic mass is 16.5. The van der Waals surface area contributed by atoms with E-state index in [1.807, 2.05) is 12.1 Å². The molecular formula is C13H17NO2. The molecule has 1 saturated heterocycles. The van der Waals surface area contributed by atoms with Gasteiger partial charge in [0, 0.05) is 12.6 Å². The number of ether oxygens (including phenoxy) is 1. The van der Waals surface area contributed by atoms with Crippen LogP contribution in [0.2, 0.25) is 0 Å². The Morgan fingerprint density at radius 1 is 1.38 bits per heavy atom. The standard InChI is InChI=1S/C13H17NO2/c15-10-5-4-9-2-1-3-12-13(11(9)8-10)16-7-6-14-12/h4-5,8,12-15H,1-3,6-7H2/t12-,13-/m0/s1. The van der Waals surface area contributed by atoms with Crippen molar-refractivity contribution in [1.29, 1.82) is 0 Å². The molecule has 3 rings (SSSR count). The largest absolute Gasteiger partial charge is 0.508 e. The van der Waals surface area contributed by atoms with Crippen molar-refractivity contribution in [1.82, 2.24) is 5.32 Å². The number of nitrogens with one attached hydrogen (secondary N) is 1. The van der Waals surface area contributed by atoms with Crippen molar-refractivity contribution in [2.24, 2.45) is 0 Å². The van der Waals surface area contributed by atoms with Crippen LogP contribution in [0.25, 0.3) is 0 Å². The molecule has 0 unspecified atom stereocenters. The molecule has 2 atom stereocenters. The smallest absolute Gasteiger partial charge is 0.115 e. The summed E-state index contributed by atoms with van der Waals surface area (Å²) in [6, 6.07) is 6.09. The molecule has 1 aliphatic heterocycles. The maximum atomic E-state index is 9.59. The number of aryl methyl sites for hydroxylation is 1. The van der Waals surface area contributed by atoms with E-state index >= 15 is 0 Å². The van der Waals surface area contributed by atoms with E-state index in [1.165, 1.54) is 17.5 Å². The highest BCUT2D eigenvalue weighted by Gasteiger charge is 2.30. The number of morpholine rings is 1. The lowest BCUT2D eigenvalue weighted by molar-refractivity contribution is -0.00654. The van der Waals surface area contributed by atoms with Gasteiger partial charge in [-0.25, -0.2) is 0 Å². The van der Waals surface area contributed by atoms with Crippen LogP contribution in [0.3, 0.4) is 0 Å². The zero-order chi connectivity index (χ0) is 11.0. The SMILES string of the molecule is Oc1ccc2c(c1)[C@@H]1OCCN[C@H]1CCC2. The molecule has 0 bridgehead atoms. The number of benzene rings is 1. The van der Waals surface area contributed by atoms with Gasteiger partial charge in [0.05, 0.1) is 12.7 Å². The summed E-state index contributed by atoms with van der Waals surface area (Å²) in [6.45, 7) is 1.70. The van der Waals surface area contributed by atoms with Gasteiger partial charge < -0.3 is 15.2 Å². The zero-order valence-electron chi connectivity index (χ0n) is 9.28. The third-order valence-electron chi connectivity index (χ3n) is 3.57. The van der Waals surface area contributed by atoms with E-state index in [-0.39, 0.29) is 6.10 Å². The molecule has 2 N–H and O–H groups in total. The summed E-state index contributed by atoms with van der Waals surface area (Å²) in [7, 11) is 0. The van der Waals surface area contributed by atoms with E-state index < -0.39 is 0 Å². The van der Waals surface area contributed by atoms with Crippen molar-refractivity contribution in [2.75, 3.05) is 13.2 Å². The molecule has 0 aromatic heterocycles. The molecule has 0 radical (unpaired) electrons. The number of aromatic hydroxyl groups is 1. The quantitative estimate of drug-likeness (QED) is 0.698. The van der Waals surface area contributed by atoms with Gasteiger partial charge in [-0.3, -0.25) is 0 Å². The number of hydrogen-bond acceptors (Lipinski definition) is 3. The van der Waals surface area contributed by atoms with E-state index in [0.29, 0.717) is 11.8 Å².